The van der Waals surface area contributed by atoms with E-state index in [1.165, 1.54) is 31.3 Å². The van der Waals surface area contributed by atoms with E-state index in [1.54, 1.807) is 41.0 Å². The van der Waals surface area contributed by atoms with Gasteiger partial charge in [0.15, 0.2) is 0 Å². The lowest BCUT2D eigenvalue weighted by Crippen LogP contribution is -2.61. The highest BCUT2D eigenvalue weighted by Crippen LogP contribution is 2.29. The lowest BCUT2D eigenvalue weighted by atomic mass is 10.1. The summed E-state index contributed by atoms with van der Waals surface area (Å²) in [5.41, 5.74) is 5.89. The Hall–Kier alpha value is -3.86. The van der Waals surface area contributed by atoms with E-state index in [-0.39, 0.29) is 55.5 Å². The molecule has 3 unspecified atom stereocenters. The molecule has 4 amide bonds. The second-order valence-electron chi connectivity index (χ2n) is 9.74. The summed E-state index contributed by atoms with van der Waals surface area (Å²) in [5.74, 6) is -2.01. The maximum absolute atomic E-state index is 13.7. The molecular formula is C29H37F2N5O4. The van der Waals surface area contributed by atoms with Crippen molar-refractivity contribution in [2.24, 2.45) is 5.73 Å². The van der Waals surface area contributed by atoms with Gasteiger partial charge in [0.25, 0.3) is 0 Å². The summed E-state index contributed by atoms with van der Waals surface area (Å²) in [6, 6.07) is 9.54. The van der Waals surface area contributed by atoms with Crippen LogP contribution < -0.4 is 16.4 Å². The monoisotopic (exact) mass is 557 g/mol. The predicted octanol–water partition coefficient (Wildman–Crippen LogP) is 1.89. The fourth-order valence-corrected chi connectivity index (χ4v) is 5.06. The van der Waals surface area contributed by atoms with Crippen molar-refractivity contribution < 1.29 is 28.0 Å². The van der Waals surface area contributed by atoms with Gasteiger partial charge in [-0.25, -0.2) is 8.78 Å². The van der Waals surface area contributed by atoms with E-state index >= 15 is 0 Å². The molecule has 2 heterocycles. The first kappa shape index (κ1) is 30.7. The Bertz CT molecular complexity index is 1180. The van der Waals surface area contributed by atoms with E-state index in [4.69, 9.17) is 0 Å². The quantitative estimate of drug-likeness (QED) is 0.480. The van der Waals surface area contributed by atoms with Crippen LogP contribution in [0.1, 0.15) is 43.7 Å². The zero-order valence-corrected chi connectivity index (χ0v) is 22.9. The van der Waals surface area contributed by atoms with E-state index < -0.39 is 23.8 Å². The van der Waals surface area contributed by atoms with Gasteiger partial charge >= 0.3 is 0 Å². The summed E-state index contributed by atoms with van der Waals surface area (Å²) >= 11 is 0. The first-order chi connectivity index (χ1) is 19.2. The van der Waals surface area contributed by atoms with Gasteiger partial charge < -0.3 is 26.2 Å². The van der Waals surface area contributed by atoms with Gasteiger partial charge in [0.2, 0.25) is 23.6 Å². The molecule has 0 bridgehead atoms. The Morgan fingerprint density at radius 3 is 2.12 bits per heavy atom. The van der Waals surface area contributed by atoms with Crippen LogP contribution in [-0.2, 0) is 32.1 Å². The van der Waals surface area contributed by atoms with E-state index in [1.807, 2.05) is 0 Å². The van der Waals surface area contributed by atoms with Gasteiger partial charge in [-0.05, 0) is 61.7 Å². The molecule has 4 N–H and O–H groups in total. The Morgan fingerprint density at radius 2 is 1.52 bits per heavy atom. The van der Waals surface area contributed by atoms with Crippen molar-refractivity contribution in [1.82, 2.24) is 20.4 Å². The molecule has 216 valence electrons. The smallest absolute Gasteiger partial charge is 0.247 e. The maximum Gasteiger partial charge on any atom is 0.247 e. The molecule has 3 atom stereocenters. The highest BCUT2D eigenvalue weighted by Gasteiger charge is 2.45. The van der Waals surface area contributed by atoms with Crippen molar-refractivity contribution in [3.63, 3.8) is 0 Å². The van der Waals surface area contributed by atoms with E-state index in [0.29, 0.717) is 31.4 Å². The second kappa shape index (κ2) is 14.5. The highest BCUT2D eigenvalue weighted by atomic mass is 19.1. The predicted molar refractivity (Wildman–Crippen MR) is 146 cm³/mol. The lowest BCUT2D eigenvalue weighted by Gasteiger charge is -2.38. The summed E-state index contributed by atoms with van der Waals surface area (Å²) in [7, 11) is 1.50. The van der Waals surface area contributed by atoms with Crippen molar-refractivity contribution in [3.05, 3.63) is 71.3 Å². The summed E-state index contributed by atoms with van der Waals surface area (Å²) < 4.78 is 26.5. The molecule has 0 aromatic heterocycles. The van der Waals surface area contributed by atoms with Crippen molar-refractivity contribution in [2.75, 3.05) is 20.1 Å². The Morgan fingerprint density at radius 1 is 0.925 bits per heavy atom. The molecule has 2 saturated heterocycles. The van der Waals surface area contributed by atoms with Gasteiger partial charge in [0.1, 0.15) is 23.7 Å². The second-order valence-corrected chi connectivity index (χ2v) is 9.74. The minimum Gasteiger partial charge on any atom is -0.350 e. The fraction of sp³-hybridized carbons (Fsp3) is 0.448. The molecule has 4 rings (SSSR count). The number of benzene rings is 2. The standard InChI is InChI=1S/C28H32F2N4O4.CH5N/c1-2-25(35)32-23-17-33(26(36)15-18-3-7-20(29)8-4-18)14-13-22-11-12-24(34(22)28(23)38)27(37)31-16-19-5-9-21(30)10-6-19;1-2/h3-10,22-24H,2,11-17H2,1H3,(H,31,37)(H,32,35);2H2,1H3. The number of carbonyl (C=O) groups excluding carboxylic acids is 4. The molecule has 11 heteroatoms. The number of carbonyl (C=O) groups is 4. The third-order valence-corrected chi connectivity index (χ3v) is 7.15. The summed E-state index contributed by atoms with van der Waals surface area (Å²) in [6.07, 6.45) is 1.76. The molecule has 2 fully saturated rings. The molecule has 40 heavy (non-hydrogen) atoms. The van der Waals surface area contributed by atoms with Crippen LogP contribution in [0, 0.1) is 11.6 Å². The lowest BCUT2D eigenvalue weighted by molar-refractivity contribution is -0.146. The normalized spacial score (nSPS) is 20.4. The van der Waals surface area contributed by atoms with Gasteiger partial charge in [-0.2, -0.15) is 0 Å². The Balaban J connectivity index is 0.00000216. The molecular weight excluding hydrogens is 520 g/mol. The molecule has 2 aromatic rings. The number of hydrogen-bond acceptors (Lipinski definition) is 5. The van der Waals surface area contributed by atoms with Crippen LogP contribution in [0.4, 0.5) is 8.78 Å². The zero-order valence-electron chi connectivity index (χ0n) is 22.9. The number of nitrogens with zero attached hydrogens (tertiary/aromatic N) is 2. The van der Waals surface area contributed by atoms with Gasteiger partial charge in [-0.3, -0.25) is 19.2 Å². The van der Waals surface area contributed by atoms with Crippen LogP contribution >= 0.6 is 0 Å². The van der Waals surface area contributed by atoms with E-state index in [2.05, 4.69) is 16.4 Å². The van der Waals surface area contributed by atoms with Crippen LogP contribution in [0.5, 0.6) is 0 Å². The molecule has 2 aliphatic rings. The molecule has 0 radical (unpaired) electrons. The van der Waals surface area contributed by atoms with Crippen molar-refractivity contribution in [2.45, 2.75) is 63.7 Å². The average molecular weight is 558 g/mol. The molecule has 0 saturated carbocycles. The minimum absolute atomic E-state index is 0.0161. The number of nitrogens with one attached hydrogen (secondary N) is 2. The van der Waals surface area contributed by atoms with E-state index in [9.17, 15) is 28.0 Å². The topological polar surface area (TPSA) is 125 Å². The summed E-state index contributed by atoms with van der Waals surface area (Å²) in [4.78, 5) is 55.4. The highest BCUT2D eigenvalue weighted by molar-refractivity contribution is 5.93. The van der Waals surface area contributed by atoms with E-state index in [0.717, 1.165) is 5.56 Å². The van der Waals surface area contributed by atoms with Gasteiger partial charge in [0, 0.05) is 32.1 Å². The number of fused-ring (bicyclic) bond motifs is 1. The van der Waals surface area contributed by atoms with Crippen LogP contribution in [0.25, 0.3) is 0 Å². The largest absolute Gasteiger partial charge is 0.350 e. The number of nitrogens with two attached hydrogens (primary N) is 1. The van der Waals surface area contributed by atoms with Crippen molar-refractivity contribution >= 4 is 23.6 Å². The first-order valence-corrected chi connectivity index (χ1v) is 13.5. The SMILES string of the molecule is CCC(=O)NC1CN(C(=O)Cc2ccc(F)cc2)CCC2CCC(C(=O)NCc3ccc(F)cc3)N2C1=O.CN. The van der Waals surface area contributed by atoms with Gasteiger partial charge in [0.05, 0.1) is 6.42 Å². The number of halogens is 2. The van der Waals surface area contributed by atoms with Gasteiger partial charge in [-0.1, -0.05) is 31.2 Å². The average Bonchev–Trinajstić information content (AvgIpc) is 3.38. The summed E-state index contributed by atoms with van der Waals surface area (Å²) in [6.45, 7) is 2.21. The van der Waals surface area contributed by atoms with Crippen LogP contribution in [0.3, 0.4) is 0 Å². The molecule has 0 aliphatic carbocycles. The number of amides is 4. The fourth-order valence-electron chi connectivity index (χ4n) is 5.06. The molecule has 9 nitrogen and oxygen atoms in total. The minimum atomic E-state index is -0.993. The van der Waals surface area contributed by atoms with Crippen molar-refractivity contribution in [1.29, 1.82) is 0 Å². The number of hydrogen-bond donors (Lipinski definition) is 3. The first-order valence-electron chi connectivity index (χ1n) is 13.5. The van der Waals surface area contributed by atoms with Crippen molar-refractivity contribution in [3.8, 4) is 0 Å². The maximum atomic E-state index is 13.7. The third-order valence-electron chi connectivity index (χ3n) is 7.15. The molecule has 0 spiro atoms. The Labute approximate surface area is 233 Å². The van der Waals surface area contributed by atoms with Crippen LogP contribution in [-0.4, -0.2) is 71.7 Å². The number of rotatable bonds is 7. The zero-order chi connectivity index (χ0) is 29.2. The van der Waals surface area contributed by atoms with Crippen LogP contribution in [0.2, 0.25) is 0 Å². The molecule has 2 aromatic carbocycles. The Kier molecular flexibility index (Phi) is 11.1. The van der Waals surface area contributed by atoms with Crippen LogP contribution in [0.15, 0.2) is 48.5 Å². The van der Waals surface area contributed by atoms with Gasteiger partial charge in [-0.15, -0.1) is 0 Å². The molecule has 2 aliphatic heterocycles. The third kappa shape index (κ3) is 7.84. The summed E-state index contributed by atoms with van der Waals surface area (Å²) in [5, 5.41) is 5.58.